The highest BCUT2D eigenvalue weighted by Crippen LogP contribution is 1.98. The molecule has 1 heterocycles. The van der Waals surface area contributed by atoms with Crippen molar-refractivity contribution in [3.05, 3.63) is 36.3 Å². The van der Waals surface area contributed by atoms with Crippen molar-refractivity contribution in [2.24, 2.45) is 10.8 Å². The lowest BCUT2D eigenvalue weighted by molar-refractivity contribution is -0.309. The van der Waals surface area contributed by atoms with E-state index in [1.165, 1.54) is 6.20 Å². The number of amides is 2. The zero-order valence-electron chi connectivity index (χ0n) is 6.68. The molecule has 0 saturated carbocycles. The van der Waals surface area contributed by atoms with Crippen LogP contribution in [0.15, 0.2) is 41.4 Å². The smallest absolute Gasteiger partial charge is 0.492 e. The third-order valence-electron chi connectivity index (χ3n) is 1.22. The number of nitrogens with one attached hydrogen (secondary N) is 1. The topological polar surface area (TPSA) is 70.5 Å². The molecular weight excluding hydrogens is 188 g/mol. The summed E-state index contributed by atoms with van der Waals surface area (Å²) < 4.78 is 0.640. The fraction of sp³-hybridized carbons (Fsp3) is 0. The van der Waals surface area contributed by atoms with Gasteiger partial charge < -0.3 is 18.1 Å². The van der Waals surface area contributed by atoms with Gasteiger partial charge in [-0.05, 0) is 12.2 Å². The highest BCUT2D eigenvalue weighted by atomic mass is 32.1. The Balaban J connectivity index is 2.67. The fourth-order valence-corrected chi connectivity index (χ4v) is 0.706. The van der Waals surface area contributed by atoms with Crippen molar-refractivity contribution in [3.8, 4) is 0 Å². The van der Waals surface area contributed by atoms with E-state index in [0.29, 0.717) is 4.10 Å². The first-order valence-electron chi connectivity index (χ1n) is 3.47. The quantitative estimate of drug-likeness (QED) is 0.364. The summed E-state index contributed by atoms with van der Waals surface area (Å²) in [6.07, 6.45) is 8.59. The average Bonchev–Trinajstić information content (AvgIpc) is 2.15. The van der Waals surface area contributed by atoms with E-state index < -0.39 is 6.03 Å². The van der Waals surface area contributed by atoms with Crippen LogP contribution in [0, 0.1) is 0 Å². The highest BCUT2D eigenvalue weighted by molar-refractivity contribution is 7.51. The van der Waals surface area contributed by atoms with Crippen LogP contribution in [0.5, 0.6) is 0 Å². The maximum absolute atomic E-state index is 10.4. The van der Waals surface area contributed by atoms with Gasteiger partial charge in [0.2, 0.25) is 0 Å². The van der Waals surface area contributed by atoms with E-state index in [1.807, 2.05) is 12.2 Å². The van der Waals surface area contributed by atoms with Gasteiger partial charge in [-0.25, -0.2) is 4.10 Å². The van der Waals surface area contributed by atoms with E-state index in [1.54, 1.807) is 12.3 Å². The molecular formula is C7H8N4OS. The molecule has 0 radical (unpaired) electrons. The van der Waals surface area contributed by atoms with Gasteiger partial charge in [-0.1, -0.05) is 6.08 Å². The number of primary amides is 1. The number of nitrogens with zero attached hydrogens (tertiary/aromatic N) is 2. The van der Waals surface area contributed by atoms with Gasteiger partial charge in [-0.15, -0.1) is 5.11 Å². The van der Waals surface area contributed by atoms with Crippen molar-refractivity contribution in [2.45, 2.75) is 0 Å². The number of nitrogens with two attached hydrogens (primary N) is 1. The van der Waals surface area contributed by atoms with Crippen LogP contribution in [0.4, 0.5) is 4.79 Å². The maximum Gasteiger partial charge on any atom is 0.492 e. The highest BCUT2D eigenvalue weighted by Gasteiger charge is 1.96. The molecule has 68 valence electrons. The predicted octanol–water partition coefficient (Wildman–Crippen LogP) is 0.506. The zero-order chi connectivity index (χ0) is 9.68. The van der Waals surface area contributed by atoms with Crippen molar-refractivity contribution in [2.75, 3.05) is 0 Å². The molecule has 0 aromatic rings. The van der Waals surface area contributed by atoms with Gasteiger partial charge in [0.15, 0.2) is 0 Å². The fourth-order valence-electron chi connectivity index (χ4n) is 0.659. The number of hydrogen-bond donors (Lipinski definition) is 2. The van der Waals surface area contributed by atoms with E-state index in [0.717, 1.165) is 5.70 Å². The molecule has 0 aromatic carbocycles. The van der Waals surface area contributed by atoms with Crippen LogP contribution in [0.3, 0.4) is 0 Å². The number of azo groups is 1. The third-order valence-corrected chi connectivity index (χ3v) is 1.50. The Labute approximate surface area is 80.9 Å². The summed E-state index contributed by atoms with van der Waals surface area (Å²) in [5.41, 5.74) is 5.59. The molecule has 6 heteroatoms. The molecule has 5 nitrogen and oxygen atoms in total. The summed E-state index contributed by atoms with van der Waals surface area (Å²) in [5, 5.41) is 6.50. The number of hydrogen-bond acceptors (Lipinski definition) is 4. The SMILES string of the molecule is NC(=O)[N+]([S-])=NC=C1C=CC=CN1. The number of dihydropyridines is 1. The molecule has 0 bridgehead atoms. The van der Waals surface area contributed by atoms with Gasteiger partial charge >= 0.3 is 6.03 Å². The zero-order valence-corrected chi connectivity index (χ0v) is 7.49. The van der Waals surface area contributed by atoms with Gasteiger partial charge in [0, 0.05) is 6.20 Å². The van der Waals surface area contributed by atoms with Crippen molar-refractivity contribution in [1.82, 2.24) is 5.32 Å². The van der Waals surface area contributed by atoms with Gasteiger partial charge in [-0.2, -0.15) is 4.79 Å². The second-order valence-corrected chi connectivity index (χ2v) is 2.52. The van der Waals surface area contributed by atoms with Crippen LogP contribution in [0.2, 0.25) is 0 Å². The van der Waals surface area contributed by atoms with Crippen LogP contribution in [0.1, 0.15) is 0 Å². The lowest BCUT2D eigenvalue weighted by atomic mass is 10.3. The van der Waals surface area contributed by atoms with Crippen molar-refractivity contribution >= 4 is 18.8 Å². The van der Waals surface area contributed by atoms with Crippen LogP contribution < -0.4 is 11.1 Å². The second-order valence-electron chi connectivity index (χ2n) is 2.17. The molecule has 0 fully saturated rings. The molecule has 0 aromatic heterocycles. The third kappa shape index (κ3) is 3.04. The summed E-state index contributed by atoms with van der Waals surface area (Å²) in [4.78, 5) is 10.4. The molecule has 1 rings (SSSR count). The molecule has 1 aliphatic rings. The molecule has 0 atom stereocenters. The van der Waals surface area contributed by atoms with Crippen LogP contribution in [0.25, 0.3) is 0 Å². The minimum Gasteiger partial charge on any atom is -0.523 e. The summed E-state index contributed by atoms with van der Waals surface area (Å²) in [6.45, 7) is 0. The molecule has 0 saturated heterocycles. The predicted molar refractivity (Wildman–Crippen MR) is 49.1 cm³/mol. The standard InChI is InChI=1S/C7H8N4OS/c8-7(12)11(13)10-5-6-3-1-2-4-9-6/h1-5,9H,(H2,8,12). The molecule has 0 aliphatic carbocycles. The molecule has 2 amide bonds. The number of allylic oxidation sites excluding steroid dienone is 3. The minimum atomic E-state index is -0.776. The Morgan fingerprint density at radius 3 is 3.00 bits per heavy atom. The van der Waals surface area contributed by atoms with Gasteiger partial charge in [0.05, 0.1) is 11.9 Å². The molecule has 13 heavy (non-hydrogen) atoms. The van der Waals surface area contributed by atoms with Crippen molar-refractivity contribution < 1.29 is 8.90 Å². The maximum atomic E-state index is 10.4. The first-order valence-corrected chi connectivity index (χ1v) is 3.84. The van der Waals surface area contributed by atoms with Gasteiger partial charge in [0.25, 0.3) is 0 Å². The minimum absolute atomic E-state index is 0.640. The Hall–Kier alpha value is -1.69. The summed E-state index contributed by atoms with van der Waals surface area (Å²) >= 11 is 4.51. The molecule has 1 aliphatic heterocycles. The number of rotatable bonds is 1. The molecule has 0 unspecified atom stereocenters. The van der Waals surface area contributed by atoms with E-state index in [9.17, 15) is 4.79 Å². The lowest BCUT2D eigenvalue weighted by Crippen LogP contribution is -2.20. The van der Waals surface area contributed by atoms with Crippen molar-refractivity contribution in [1.29, 1.82) is 0 Å². The first kappa shape index (κ1) is 9.40. The number of carbonyl (C=O) groups excluding carboxylic acids is 1. The average molecular weight is 196 g/mol. The van der Waals surface area contributed by atoms with Crippen LogP contribution >= 0.6 is 0 Å². The van der Waals surface area contributed by atoms with Crippen molar-refractivity contribution in [3.63, 3.8) is 0 Å². The van der Waals surface area contributed by atoms with E-state index >= 15 is 0 Å². The largest absolute Gasteiger partial charge is 0.523 e. The van der Waals surface area contributed by atoms with Crippen LogP contribution in [-0.4, -0.2) is 10.1 Å². The molecule has 0 spiro atoms. The Bertz CT molecular complexity index is 329. The van der Waals surface area contributed by atoms with E-state index in [2.05, 4.69) is 23.2 Å². The number of carbonyl (C=O) groups is 1. The summed E-state index contributed by atoms with van der Waals surface area (Å²) in [7, 11) is 0. The lowest BCUT2D eigenvalue weighted by Gasteiger charge is -2.03. The normalized spacial score (nSPS) is 18.8. The Morgan fingerprint density at radius 2 is 2.46 bits per heavy atom. The van der Waals surface area contributed by atoms with E-state index in [4.69, 9.17) is 5.73 Å². The van der Waals surface area contributed by atoms with Gasteiger partial charge in [0.1, 0.15) is 0 Å². The molecule has 3 N–H and O–H groups in total. The Kier molecular flexibility index (Phi) is 3.15. The van der Waals surface area contributed by atoms with Gasteiger partial charge in [-0.3, -0.25) is 5.73 Å². The second kappa shape index (κ2) is 4.36. The van der Waals surface area contributed by atoms with E-state index in [-0.39, 0.29) is 0 Å². The monoisotopic (exact) mass is 196 g/mol. The van der Waals surface area contributed by atoms with Crippen LogP contribution in [-0.2, 0) is 12.8 Å². The Morgan fingerprint density at radius 1 is 1.69 bits per heavy atom. The first-order chi connectivity index (χ1) is 6.20. The summed E-state index contributed by atoms with van der Waals surface area (Å²) in [5.74, 6) is 0. The number of urea groups is 1. The summed E-state index contributed by atoms with van der Waals surface area (Å²) in [6, 6.07) is -0.776.